The summed E-state index contributed by atoms with van der Waals surface area (Å²) in [7, 11) is 0. The van der Waals surface area contributed by atoms with Gasteiger partial charge in [0.1, 0.15) is 17.7 Å². The maximum atomic E-state index is 13.8. The fourth-order valence-corrected chi connectivity index (χ4v) is 4.68. The molecule has 0 saturated carbocycles. The fourth-order valence-electron chi connectivity index (χ4n) is 4.68. The molecule has 3 aromatic rings. The van der Waals surface area contributed by atoms with E-state index >= 15 is 0 Å². The number of nitrogens with zero attached hydrogens (tertiary/aromatic N) is 3. The molecule has 9 heteroatoms. The van der Waals surface area contributed by atoms with Crippen LogP contribution < -0.4 is 5.32 Å². The van der Waals surface area contributed by atoms with Crippen LogP contribution in [-0.2, 0) is 29.2 Å². The zero-order valence-electron chi connectivity index (χ0n) is 19.1. The fraction of sp³-hybridized carbons (Fsp3) is 0.346. The summed E-state index contributed by atoms with van der Waals surface area (Å²) in [5, 5.41) is 2.69. The number of rotatable bonds is 5. The third-order valence-corrected chi connectivity index (χ3v) is 6.72. The number of hydrogen-bond donors (Lipinski definition) is 1. The molecule has 0 bridgehead atoms. The molecule has 0 radical (unpaired) electrons. The van der Waals surface area contributed by atoms with Crippen LogP contribution in [0.5, 0.6) is 0 Å². The minimum absolute atomic E-state index is 0.0770. The van der Waals surface area contributed by atoms with Gasteiger partial charge in [0.15, 0.2) is 5.69 Å². The average molecular weight is 481 g/mol. The van der Waals surface area contributed by atoms with Crippen LogP contribution in [0.15, 0.2) is 54.9 Å². The largest absolute Gasteiger partial charge is 0.365 e. The number of amides is 2. The molecule has 2 amide bonds. The lowest BCUT2D eigenvalue weighted by Crippen LogP contribution is -2.43. The van der Waals surface area contributed by atoms with E-state index in [2.05, 4.69) is 10.3 Å². The van der Waals surface area contributed by atoms with Crippen molar-refractivity contribution in [2.24, 2.45) is 5.92 Å². The van der Waals surface area contributed by atoms with E-state index in [-0.39, 0.29) is 35.9 Å². The van der Waals surface area contributed by atoms with Crippen molar-refractivity contribution in [3.8, 4) is 0 Å². The normalized spacial score (nSPS) is 18.2. The lowest BCUT2D eigenvalue weighted by atomic mass is 9.95. The average Bonchev–Trinajstić information content (AvgIpc) is 3.32. The SMILES string of the molecule is O=C(NCc1cc(F)ccc1F)C1CCN(C(=O)c2ncn3c2CO[C@@H](c2ccccc2)C3)CC1. The van der Waals surface area contributed by atoms with Gasteiger partial charge in [-0.05, 0) is 36.6 Å². The molecule has 1 N–H and O–H groups in total. The first-order chi connectivity index (χ1) is 17.0. The van der Waals surface area contributed by atoms with Gasteiger partial charge in [-0.3, -0.25) is 9.59 Å². The van der Waals surface area contributed by atoms with Crippen LogP contribution >= 0.6 is 0 Å². The van der Waals surface area contributed by atoms with E-state index in [1.165, 1.54) is 0 Å². The highest BCUT2D eigenvalue weighted by molar-refractivity contribution is 5.93. The standard InChI is InChI=1S/C26H26F2N4O3/c27-20-6-7-21(28)19(12-20)13-29-25(33)18-8-10-31(11-9-18)26(34)24-22-15-35-23(14-32(22)16-30-24)17-4-2-1-3-5-17/h1-7,12,16,18,23H,8-11,13-15H2,(H,29,33)/t23-/m1/s1. The zero-order chi connectivity index (χ0) is 24.4. The van der Waals surface area contributed by atoms with E-state index in [9.17, 15) is 18.4 Å². The number of carbonyl (C=O) groups excluding carboxylic acids is 2. The molecule has 5 rings (SSSR count). The van der Waals surface area contributed by atoms with Gasteiger partial charge in [-0.25, -0.2) is 13.8 Å². The van der Waals surface area contributed by atoms with Gasteiger partial charge in [0.05, 0.1) is 25.2 Å². The molecule has 1 atom stereocenters. The van der Waals surface area contributed by atoms with Crippen molar-refractivity contribution >= 4 is 11.8 Å². The topological polar surface area (TPSA) is 76.5 Å². The van der Waals surface area contributed by atoms with Crippen LogP contribution in [0.2, 0.25) is 0 Å². The van der Waals surface area contributed by atoms with Crippen LogP contribution in [0, 0.1) is 17.6 Å². The number of benzene rings is 2. The highest BCUT2D eigenvalue weighted by Crippen LogP contribution is 2.29. The Morgan fingerprint density at radius 2 is 1.86 bits per heavy atom. The van der Waals surface area contributed by atoms with Gasteiger partial charge in [0, 0.05) is 31.1 Å². The summed E-state index contributed by atoms with van der Waals surface area (Å²) in [6, 6.07) is 13.1. The van der Waals surface area contributed by atoms with Crippen LogP contribution in [-0.4, -0.2) is 39.4 Å². The van der Waals surface area contributed by atoms with Crippen molar-refractivity contribution in [3.63, 3.8) is 0 Å². The molecular formula is C26H26F2N4O3. The van der Waals surface area contributed by atoms with Gasteiger partial charge in [0.25, 0.3) is 5.91 Å². The maximum Gasteiger partial charge on any atom is 0.274 e. The number of carbonyl (C=O) groups is 2. The number of piperidine rings is 1. The second-order valence-electron chi connectivity index (χ2n) is 8.92. The van der Waals surface area contributed by atoms with Gasteiger partial charge < -0.3 is 19.5 Å². The molecule has 7 nitrogen and oxygen atoms in total. The predicted molar refractivity (Wildman–Crippen MR) is 123 cm³/mol. The number of imidazole rings is 1. The summed E-state index contributed by atoms with van der Waals surface area (Å²) in [5.41, 5.74) is 2.34. The van der Waals surface area contributed by atoms with E-state index in [4.69, 9.17) is 4.74 Å². The Labute approximate surface area is 201 Å². The van der Waals surface area contributed by atoms with Crippen LogP contribution in [0.4, 0.5) is 8.78 Å². The Morgan fingerprint density at radius 3 is 2.63 bits per heavy atom. The summed E-state index contributed by atoms with van der Waals surface area (Å²) < 4.78 is 35.1. The minimum Gasteiger partial charge on any atom is -0.365 e. The second-order valence-corrected chi connectivity index (χ2v) is 8.92. The lowest BCUT2D eigenvalue weighted by Gasteiger charge is -2.31. The van der Waals surface area contributed by atoms with Crippen LogP contribution in [0.25, 0.3) is 0 Å². The summed E-state index contributed by atoms with van der Waals surface area (Å²) in [5.74, 6) is -1.79. The minimum atomic E-state index is -0.561. The van der Waals surface area contributed by atoms with Crippen molar-refractivity contribution in [2.75, 3.05) is 13.1 Å². The number of nitrogens with one attached hydrogen (secondary N) is 1. The number of aromatic nitrogens is 2. The Bertz CT molecular complexity index is 1220. The Morgan fingerprint density at radius 1 is 1.09 bits per heavy atom. The predicted octanol–water partition coefficient (Wildman–Crippen LogP) is 3.60. The number of fused-ring (bicyclic) bond motifs is 1. The van der Waals surface area contributed by atoms with Gasteiger partial charge in [-0.1, -0.05) is 30.3 Å². The molecule has 1 saturated heterocycles. The molecule has 35 heavy (non-hydrogen) atoms. The third-order valence-electron chi connectivity index (χ3n) is 6.72. The summed E-state index contributed by atoms with van der Waals surface area (Å²) >= 11 is 0. The summed E-state index contributed by atoms with van der Waals surface area (Å²) in [4.78, 5) is 31.8. The highest BCUT2D eigenvalue weighted by Gasteiger charge is 2.32. The molecule has 2 aromatic carbocycles. The van der Waals surface area contributed by atoms with Gasteiger partial charge in [0.2, 0.25) is 5.91 Å². The Balaban J connectivity index is 1.15. The first-order valence-electron chi connectivity index (χ1n) is 11.7. The van der Waals surface area contributed by atoms with Crippen LogP contribution in [0.1, 0.15) is 46.3 Å². The smallest absolute Gasteiger partial charge is 0.274 e. The maximum absolute atomic E-state index is 13.8. The van der Waals surface area contributed by atoms with Gasteiger partial charge in [-0.15, -0.1) is 0 Å². The number of ether oxygens (including phenoxy) is 1. The van der Waals surface area contributed by atoms with E-state index < -0.39 is 11.6 Å². The molecular weight excluding hydrogens is 454 g/mol. The van der Waals surface area contributed by atoms with Gasteiger partial charge >= 0.3 is 0 Å². The quantitative estimate of drug-likeness (QED) is 0.606. The van der Waals surface area contributed by atoms with Crippen molar-refractivity contribution < 1.29 is 23.1 Å². The number of likely N-dealkylation sites (tertiary alicyclic amines) is 1. The molecule has 1 aromatic heterocycles. The molecule has 1 fully saturated rings. The second kappa shape index (κ2) is 9.95. The lowest BCUT2D eigenvalue weighted by molar-refractivity contribution is -0.126. The van der Waals surface area contributed by atoms with E-state index in [0.717, 1.165) is 29.5 Å². The summed E-state index contributed by atoms with van der Waals surface area (Å²) in [6.07, 6.45) is 2.58. The Hall–Kier alpha value is -3.59. The highest BCUT2D eigenvalue weighted by atomic mass is 19.1. The van der Waals surface area contributed by atoms with Crippen molar-refractivity contribution in [1.29, 1.82) is 0 Å². The molecule has 0 unspecified atom stereocenters. The Kier molecular flexibility index (Phi) is 6.59. The number of halogens is 2. The van der Waals surface area contributed by atoms with Gasteiger partial charge in [-0.2, -0.15) is 0 Å². The van der Waals surface area contributed by atoms with Crippen molar-refractivity contribution in [1.82, 2.24) is 19.8 Å². The van der Waals surface area contributed by atoms with E-state index in [0.29, 0.717) is 44.8 Å². The molecule has 2 aliphatic heterocycles. The van der Waals surface area contributed by atoms with E-state index in [1.54, 1.807) is 11.2 Å². The number of hydrogen-bond acceptors (Lipinski definition) is 4. The van der Waals surface area contributed by atoms with Crippen molar-refractivity contribution in [3.05, 3.63) is 89.0 Å². The molecule has 3 heterocycles. The first kappa shape index (κ1) is 23.2. The molecule has 2 aliphatic rings. The van der Waals surface area contributed by atoms with Crippen molar-refractivity contribution in [2.45, 2.75) is 38.6 Å². The third kappa shape index (κ3) is 4.95. The monoisotopic (exact) mass is 480 g/mol. The molecule has 182 valence electrons. The first-order valence-corrected chi connectivity index (χ1v) is 11.7. The molecule has 0 spiro atoms. The van der Waals surface area contributed by atoms with E-state index in [1.807, 2.05) is 34.9 Å². The zero-order valence-corrected chi connectivity index (χ0v) is 19.1. The summed E-state index contributed by atoms with van der Waals surface area (Å²) in [6.45, 7) is 1.66. The molecule has 0 aliphatic carbocycles. The van der Waals surface area contributed by atoms with Crippen LogP contribution in [0.3, 0.4) is 0 Å².